The lowest BCUT2D eigenvalue weighted by atomic mass is 9.85. The van der Waals surface area contributed by atoms with E-state index in [2.05, 4.69) is 13.8 Å². The van der Waals surface area contributed by atoms with Crippen LogP contribution in [0.4, 0.5) is 0 Å². The number of hydrogen-bond donors (Lipinski definition) is 6. The molecule has 1 aliphatic rings. The van der Waals surface area contributed by atoms with Crippen LogP contribution in [0.1, 0.15) is 206 Å². The Morgan fingerprint density at radius 1 is 0.544 bits per heavy atom. The van der Waals surface area contributed by atoms with E-state index in [0.29, 0.717) is 6.42 Å². The number of rotatable bonds is 39. The molecule has 0 radical (unpaired) electrons. The van der Waals surface area contributed by atoms with Gasteiger partial charge in [-0.05, 0) is 25.3 Å². The number of phosphoric ester groups is 1. The van der Waals surface area contributed by atoms with E-state index in [-0.39, 0.29) is 13.0 Å². The van der Waals surface area contributed by atoms with Crippen molar-refractivity contribution in [2.24, 2.45) is 0 Å². The van der Waals surface area contributed by atoms with E-state index in [1.807, 2.05) is 6.08 Å². The summed E-state index contributed by atoms with van der Waals surface area (Å²) in [5.74, 6) is -0.497. The van der Waals surface area contributed by atoms with Crippen molar-refractivity contribution in [3.05, 3.63) is 12.3 Å². The lowest BCUT2D eigenvalue weighted by molar-refractivity contribution is -0.220. The molecule has 338 valence electrons. The normalized spacial score (nSPS) is 22.8. The first-order valence-corrected chi connectivity index (χ1v) is 24.6. The van der Waals surface area contributed by atoms with Crippen molar-refractivity contribution in [3.63, 3.8) is 0 Å². The van der Waals surface area contributed by atoms with Crippen LogP contribution in [0, 0.1) is 0 Å². The molecule has 57 heavy (non-hydrogen) atoms. The van der Waals surface area contributed by atoms with E-state index in [1.165, 1.54) is 148 Å². The van der Waals surface area contributed by atoms with Gasteiger partial charge in [0.1, 0.15) is 43.2 Å². The van der Waals surface area contributed by atoms with Crippen molar-refractivity contribution in [1.29, 1.82) is 0 Å². The van der Waals surface area contributed by atoms with Gasteiger partial charge >= 0.3 is 13.8 Å². The summed E-state index contributed by atoms with van der Waals surface area (Å²) in [4.78, 5) is 23.1. The number of aliphatic hydroxyl groups excluding tert-OH is 5. The maximum Gasteiger partial charge on any atom is 0.472 e. The Balaban J connectivity index is 2.40. The highest BCUT2D eigenvalue weighted by molar-refractivity contribution is 7.47. The third kappa shape index (κ3) is 28.1. The molecule has 1 rings (SSSR count). The second-order valence-electron chi connectivity index (χ2n) is 16.3. The van der Waals surface area contributed by atoms with Gasteiger partial charge in [0.15, 0.2) is 6.10 Å². The minimum atomic E-state index is -5.02. The molecule has 0 bridgehead atoms. The summed E-state index contributed by atoms with van der Waals surface area (Å²) in [7, 11) is -5.02. The molecule has 0 aromatic carbocycles. The molecule has 0 aromatic heterocycles. The van der Waals surface area contributed by atoms with Crippen LogP contribution in [0.15, 0.2) is 12.3 Å². The molecule has 6 N–H and O–H groups in total. The number of unbranched alkanes of at least 4 members (excludes halogenated alkanes) is 27. The number of carbonyl (C=O) groups is 1. The van der Waals surface area contributed by atoms with E-state index in [1.54, 1.807) is 0 Å². The summed E-state index contributed by atoms with van der Waals surface area (Å²) in [5.41, 5.74) is 0. The molecule has 1 fully saturated rings. The van der Waals surface area contributed by atoms with Crippen molar-refractivity contribution >= 4 is 13.8 Å². The van der Waals surface area contributed by atoms with Crippen LogP contribution in [0.5, 0.6) is 0 Å². The molecule has 12 nitrogen and oxygen atoms in total. The van der Waals surface area contributed by atoms with E-state index < -0.39 is 63.1 Å². The molecule has 0 spiro atoms. The molecular formula is C44H85O12P. The molecule has 1 aliphatic carbocycles. The first kappa shape index (κ1) is 53.9. The average Bonchev–Trinajstić information content (AvgIpc) is 3.19. The highest BCUT2D eigenvalue weighted by atomic mass is 31.2. The molecule has 0 aliphatic heterocycles. The summed E-state index contributed by atoms with van der Waals surface area (Å²) in [6, 6.07) is 0. The van der Waals surface area contributed by atoms with Gasteiger partial charge in [-0.15, -0.1) is 0 Å². The zero-order valence-electron chi connectivity index (χ0n) is 35.9. The zero-order chi connectivity index (χ0) is 42.0. The lowest BCUT2D eigenvalue weighted by Crippen LogP contribution is -2.64. The minimum Gasteiger partial charge on any atom is -0.498 e. The van der Waals surface area contributed by atoms with E-state index >= 15 is 0 Å². The monoisotopic (exact) mass is 837 g/mol. The van der Waals surface area contributed by atoms with Gasteiger partial charge in [0, 0.05) is 6.42 Å². The van der Waals surface area contributed by atoms with Gasteiger partial charge in [0.05, 0.1) is 12.9 Å². The number of aliphatic hydroxyl groups is 5. The topological polar surface area (TPSA) is 192 Å². The Kier molecular flexibility index (Phi) is 33.7. The Bertz CT molecular complexity index is 1000. The second kappa shape index (κ2) is 35.7. The molecule has 13 heteroatoms. The van der Waals surface area contributed by atoms with Crippen LogP contribution in [-0.4, -0.2) is 92.3 Å². The van der Waals surface area contributed by atoms with Crippen molar-refractivity contribution < 1.29 is 58.3 Å². The summed E-state index contributed by atoms with van der Waals surface area (Å²) in [6.45, 7) is 3.73. The first-order valence-electron chi connectivity index (χ1n) is 23.1. The fraction of sp³-hybridized carbons (Fsp3) is 0.932. The number of hydrogen-bond acceptors (Lipinski definition) is 11. The number of allylic oxidation sites excluding steroid dienone is 1. The van der Waals surface area contributed by atoms with Crippen LogP contribution < -0.4 is 0 Å². The lowest BCUT2D eigenvalue weighted by Gasteiger charge is -2.41. The van der Waals surface area contributed by atoms with Crippen LogP contribution in [0.2, 0.25) is 0 Å². The molecule has 8 atom stereocenters. The minimum absolute atomic E-state index is 0.155. The van der Waals surface area contributed by atoms with Gasteiger partial charge < -0.3 is 39.9 Å². The number of esters is 1. The van der Waals surface area contributed by atoms with Crippen molar-refractivity contribution in [1.82, 2.24) is 0 Å². The summed E-state index contributed by atoms with van der Waals surface area (Å²) < 4.78 is 33.9. The summed E-state index contributed by atoms with van der Waals surface area (Å²) in [5, 5.41) is 50.1. The fourth-order valence-corrected chi connectivity index (χ4v) is 8.24. The number of ether oxygens (including phenoxy) is 2. The quantitative estimate of drug-likeness (QED) is 0.0149. The van der Waals surface area contributed by atoms with Crippen LogP contribution >= 0.6 is 7.82 Å². The molecule has 0 saturated heterocycles. The van der Waals surface area contributed by atoms with Crippen LogP contribution in [-0.2, 0) is 27.9 Å². The summed E-state index contributed by atoms with van der Waals surface area (Å²) >= 11 is 0. The van der Waals surface area contributed by atoms with E-state index in [0.717, 1.165) is 38.5 Å². The van der Waals surface area contributed by atoms with E-state index in [9.17, 15) is 39.8 Å². The van der Waals surface area contributed by atoms with Gasteiger partial charge in [-0.3, -0.25) is 13.8 Å². The van der Waals surface area contributed by atoms with Gasteiger partial charge in [0.25, 0.3) is 0 Å². The standard InChI is InChI=1S/C44H85O12P/c1-3-5-7-9-11-13-15-17-18-19-20-21-22-24-26-28-30-32-34-53-35-37(55-38(45)33-31-29-27-25-23-16-14-12-10-8-6-4-2)36-54-57(51,52)56-44-42(49)40(47)39(46)41(48)43(44)50/h32,34,37,39-44,46-50H,3-31,33,35-36H2,1-2H3,(H,51,52)/b34-32-/t37-,39?,40-,41?,42?,43?,44?/m1/s1. The molecule has 6 unspecified atom stereocenters. The average molecular weight is 837 g/mol. The van der Waals surface area contributed by atoms with Gasteiger partial charge in [-0.25, -0.2) is 4.57 Å². The van der Waals surface area contributed by atoms with E-state index in [4.69, 9.17) is 18.5 Å². The van der Waals surface area contributed by atoms with Crippen LogP contribution in [0.25, 0.3) is 0 Å². The second-order valence-corrected chi connectivity index (χ2v) is 17.7. The summed E-state index contributed by atoms with van der Waals surface area (Å²) in [6.07, 6.45) is 26.5. The maximum atomic E-state index is 12.8. The molecule has 0 aromatic rings. The first-order chi connectivity index (χ1) is 27.5. The predicted molar refractivity (Wildman–Crippen MR) is 226 cm³/mol. The Labute approximate surface area is 346 Å². The number of carbonyl (C=O) groups excluding carboxylic acids is 1. The SMILES string of the molecule is CCCCCCCCCCCCCCCCCC/C=C\OC[C@H](COP(=O)(O)OC1C(O)C(O)C(O)[C@@H](O)C1O)OC(=O)CCCCCCCCCCCCCC. The fourth-order valence-electron chi connectivity index (χ4n) is 7.26. The number of phosphoric acid groups is 1. The third-order valence-electron chi connectivity index (χ3n) is 11.0. The smallest absolute Gasteiger partial charge is 0.472 e. The molecule has 0 heterocycles. The third-order valence-corrected chi connectivity index (χ3v) is 12.0. The Morgan fingerprint density at radius 2 is 0.912 bits per heavy atom. The maximum absolute atomic E-state index is 12.8. The highest BCUT2D eigenvalue weighted by Crippen LogP contribution is 2.47. The highest BCUT2D eigenvalue weighted by Gasteiger charge is 2.51. The molecular weight excluding hydrogens is 751 g/mol. The van der Waals surface area contributed by atoms with Crippen molar-refractivity contribution in [3.8, 4) is 0 Å². The van der Waals surface area contributed by atoms with Gasteiger partial charge in [-0.1, -0.05) is 181 Å². The van der Waals surface area contributed by atoms with Gasteiger partial charge in [0.2, 0.25) is 0 Å². The van der Waals surface area contributed by atoms with Crippen LogP contribution in [0.3, 0.4) is 0 Å². The molecule has 1 saturated carbocycles. The molecule has 0 amide bonds. The predicted octanol–water partition coefficient (Wildman–Crippen LogP) is 9.49. The Hall–Kier alpha value is -1.08. The van der Waals surface area contributed by atoms with Crippen molar-refractivity contribution in [2.75, 3.05) is 13.2 Å². The Morgan fingerprint density at radius 3 is 1.33 bits per heavy atom. The zero-order valence-corrected chi connectivity index (χ0v) is 36.8. The van der Waals surface area contributed by atoms with Gasteiger partial charge in [-0.2, -0.15) is 0 Å². The van der Waals surface area contributed by atoms with Crippen molar-refractivity contribution in [2.45, 2.75) is 249 Å². The largest absolute Gasteiger partial charge is 0.498 e.